The average molecular weight is 686 g/mol. The Morgan fingerprint density at radius 3 is 2.18 bits per heavy atom. The van der Waals surface area contributed by atoms with Crippen LogP contribution >= 0.6 is 0 Å². The number of benzene rings is 4. The molecule has 0 bridgehead atoms. The lowest BCUT2D eigenvalue weighted by molar-refractivity contribution is -0.140. The molecule has 0 aliphatic heterocycles. The number of sulfonamides is 1. The minimum Gasteiger partial charge on any atom is -0.494 e. The second-order valence-electron chi connectivity index (χ2n) is 12.4. The van der Waals surface area contributed by atoms with Crippen LogP contribution in [0.3, 0.4) is 0 Å². The summed E-state index contributed by atoms with van der Waals surface area (Å²) < 4.78 is 50.3. The van der Waals surface area contributed by atoms with E-state index in [0.29, 0.717) is 12.4 Å². The summed E-state index contributed by atoms with van der Waals surface area (Å²) in [7, 11) is -4.26. The van der Waals surface area contributed by atoms with E-state index in [-0.39, 0.29) is 41.1 Å². The second kappa shape index (κ2) is 16.6. The lowest BCUT2D eigenvalue weighted by atomic mass is 9.94. The summed E-state index contributed by atoms with van der Waals surface area (Å²) in [6, 6.07) is 27.2. The molecule has 4 aromatic rings. The molecule has 4 aromatic carbocycles. The van der Waals surface area contributed by atoms with Gasteiger partial charge in [-0.05, 0) is 74.7 Å². The third kappa shape index (κ3) is 9.26. The van der Waals surface area contributed by atoms with Crippen LogP contribution in [0.15, 0.2) is 108 Å². The van der Waals surface area contributed by atoms with E-state index >= 15 is 4.39 Å². The highest BCUT2D eigenvalue weighted by molar-refractivity contribution is 7.92. The molecule has 258 valence electrons. The molecule has 0 heterocycles. The molecular formula is C39H44FN3O5S. The van der Waals surface area contributed by atoms with Gasteiger partial charge in [-0.1, -0.05) is 85.5 Å². The number of anilines is 1. The van der Waals surface area contributed by atoms with E-state index in [1.807, 2.05) is 44.2 Å². The summed E-state index contributed by atoms with van der Waals surface area (Å²) in [6.45, 7) is 3.28. The lowest BCUT2D eigenvalue weighted by Crippen LogP contribution is -2.55. The molecule has 1 atom stereocenters. The zero-order valence-electron chi connectivity index (χ0n) is 28.1. The van der Waals surface area contributed by atoms with Crippen molar-refractivity contribution in [1.82, 2.24) is 10.2 Å². The number of amides is 2. The first-order valence-corrected chi connectivity index (χ1v) is 18.3. The van der Waals surface area contributed by atoms with Crippen LogP contribution in [0.4, 0.5) is 10.1 Å². The number of carbonyl (C=O) groups is 2. The number of carbonyl (C=O) groups excluding carboxylic acids is 2. The van der Waals surface area contributed by atoms with E-state index in [2.05, 4.69) is 5.32 Å². The van der Waals surface area contributed by atoms with E-state index in [1.165, 1.54) is 23.1 Å². The molecule has 2 amide bonds. The van der Waals surface area contributed by atoms with Crippen molar-refractivity contribution in [3.63, 3.8) is 0 Å². The lowest BCUT2D eigenvalue weighted by Gasteiger charge is -2.35. The molecule has 1 fully saturated rings. The molecule has 1 unspecified atom stereocenters. The number of hydrogen-bond donors (Lipinski definition) is 1. The molecule has 10 heteroatoms. The van der Waals surface area contributed by atoms with Crippen molar-refractivity contribution in [1.29, 1.82) is 0 Å². The van der Waals surface area contributed by atoms with Gasteiger partial charge in [0.2, 0.25) is 11.8 Å². The van der Waals surface area contributed by atoms with Gasteiger partial charge in [0.15, 0.2) is 0 Å². The maximum atomic E-state index is 15.2. The number of halogens is 1. The topological polar surface area (TPSA) is 96.0 Å². The van der Waals surface area contributed by atoms with Crippen LogP contribution in [0.5, 0.6) is 5.75 Å². The molecule has 1 aliphatic rings. The Morgan fingerprint density at radius 2 is 1.53 bits per heavy atom. The molecule has 0 saturated heterocycles. The molecular weight excluding hydrogens is 642 g/mol. The first kappa shape index (κ1) is 35.6. The van der Waals surface area contributed by atoms with Gasteiger partial charge in [-0.15, -0.1) is 0 Å². The Bertz CT molecular complexity index is 1790. The molecule has 49 heavy (non-hydrogen) atoms. The van der Waals surface area contributed by atoms with Gasteiger partial charge in [-0.3, -0.25) is 13.9 Å². The fourth-order valence-electron chi connectivity index (χ4n) is 6.15. The van der Waals surface area contributed by atoms with Gasteiger partial charge in [0.05, 0.1) is 17.2 Å². The highest BCUT2D eigenvalue weighted by Gasteiger charge is 2.35. The Morgan fingerprint density at radius 1 is 0.878 bits per heavy atom. The molecule has 0 aromatic heterocycles. The van der Waals surface area contributed by atoms with Crippen LogP contribution in [0, 0.1) is 12.7 Å². The highest BCUT2D eigenvalue weighted by Crippen LogP contribution is 2.28. The first-order chi connectivity index (χ1) is 23.7. The number of rotatable bonds is 14. The molecule has 1 N–H and O–H groups in total. The summed E-state index contributed by atoms with van der Waals surface area (Å²) in [5.74, 6) is -0.974. The summed E-state index contributed by atoms with van der Waals surface area (Å²) >= 11 is 0. The molecule has 5 rings (SSSR count). The van der Waals surface area contributed by atoms with Gasteiger partial charge in [0.25, 0.3) is 10.0 Å². The third-order valence-electron chi connectivity index (χ3n) is 8.84. The second-order valence-corrected chi connectivity index (χ2v) is 14.3. The third-order valence-corrected chi connectivity index (χ3v) is 10.6. The average Bonchev–Trinajstić information content (AvgIpc) is 3.11. The molecule has 8 nitrogen and oxygen atoms in total. The van der Waals surface area contributed by atoms with Crippen LogP contribution < -0.4 is 14.4 Å². The van der Waals surface area contributed by atoms with Gasteiger partial charge < -0.3 is 15.0 Å². The van der Waals surface area contributed by atoms with Crippen molar-refractivity contribution in [2.24, 2.45) is 0 Å². The molecule has 1 saturated carbocycles. The predicted octanol–water partition coefficient (Wildman–Crippen LogP) is 6.82. The Balaban J connectivity index is 1.57. The van der Waals surface area contributed by atoms with Crippen molar-refractivity contribution in [2.75, 3.05) is 17.5 Å². The summed E-state index contributed by atoms with van der Waals surface area (Å²) in [4.78, 5) is 30.2. The van der Waals surface area contributed by atoms with Crippen molar-refractivity contribution in [3.05, 3.63) is 126 Å². The van der Waals surface area contributed by atoms with Gasteiger partial charge in [0, 0.05) is 24.6 Å². The maximum Gasteiger partial charge on any atom is 0.264 e. The van der Waals surface area contributed by atoms with Gasteiger partial charge in [-0.25, -0.2) is 12.8 Å². The van der Waals surface area contributed by atoms with Crippen LogP contribution in [0.1, 0.15) is 55.7 Å². The van der Waals surface area contributed by atoms with Gasteiger partial charge in [-0.2, -0.15) is 0 Å². The highest BCUT2D eigenvalue weighted by atomic mass is 32.2. The molecule has 0 spiro atoms. The van der Waals surface area contributed by atoms with E-state index < -0.39 is 34.3 Å². The zero-order valence-corrected chi connectivity index (χ0v) is 28.9. The van der Waals surface area contributed by atoms with E-state index in [1.54, 1.807) is 54.6 Å². The maximum absolute atomic E-state index is 15.2. The summed E-state index contributed by atoms with van der Waals surface area (Å²) in [5, 5.41) is 3.17. The fourth-order valence-corrected chi connectivity index (χ4v) is 7.56. The van der Waals surface area contributed by atoms with E-state index in [0.717, 1.165) is 47.5 Å². The van der Waals surface area contributed by atoms with Crippen LogP contribution in [-0.2, 0) is 32.6 Å². The van der Waals surface area contributed by atoms with Crippen LogP contribution in [0.25, 0.3) is 0 Å². The van der Waals surface area contributed by atoms with Crippen molar-refractivity contribution < 1.29 is 27.1 Å². The normalized spacial score (nSPS) is 14.1. The van der Waals surface area contributed by atoms with Crippen molar-refractivity contribution >= 4 is 27.5 Å². The fraction of sp³-hybridized carbons (Fsp3) is 0.333. The standard InChI is InChI=1S/C39H44FN3O5S/c1-3-48-34-22-20-33(21-23-34)43(49(46,47)35-24-18-29(2)19-25-35)28-38(44)42(27-31-14-10-11-17-36(31)40)37(26-30-12-6-4-7-13-30)39(45)41-32-15-8-5-9-16-32/h4,6-7,10-14,17-25,32,37H,3,5,8-9,15-16,26-28H2,1-2H3,(H,41,45). The van der Waals surface area contributed by atoms with Crippen molar-refractivity contribution in [2.45, 2.75) is 75.9 Å². The number of hydrogen-bond acceptors (Lipinski definition) is 5. The number of aryl methyl sites for hydroxylation is 1. The Kier molecular flexibility index (Phi) is 12.1. The number of ether oxygens (including phenoxy) is 1. The van der Waals surface area contributed by atoms with Crippen LogP contribution in [0.2, 0.25) is 0 Å². The predicted molar refractivity (Wildman–Crippen MR) is 189 cm³/mol. The molecule has 1 aliphatic carbocycles. The van der Waals surface area contributed by atoms with Crippen molar-refractivity contribution in [3.8, 4) is 5.75 Å². The Hall–Kier alpha value is -4.70. The van der Waals surface area contributed by atoms with Gasteiger partial charge in [0.1, 0.15) is 24.2 Å². The summed E-state index contributed by atoms with van der Waals surface area (Å²) in [6.07, 6.45) is 4.94. The smallest absolute Gasteiger partial charge is 0.264 e. The zero-order chi connectivity index (χ0) is 34.8. The summed E-state index contributed by atoms with van der Waals surface area (Å²) in [5.41, 5.74) is 2.16. The van der Waals surface area contributed by atoms with Gasteiger partial charge >= 0.3 is 0 Å². The monoisotopic (exact) mass is 685 g/mol. The van der Waals surface area contributed by atoms with E-state index in [4.69, 9.17) is 4.74 Å². The molecule has 0 radical (unpaired) electrons. The minimum absolute atomic E-state index is 0.0105. The number of nitrogens with one attached hydrogen (secondary N) is 1. The largest absolute Gasteiger partial charge is 0.494 e. The SMILES string of the molecule is CCOc1ccc(N(CC(=O)N(Cc2ccccc2F)C(Cc2ccccc2)C(=O)NC2CCCCC2)S(=O)(=O)c2ccc(C)cc2)cc1. The first-order valence-electron chi connectivity index (χ1n) is 16.8. The Labute approximate surface area is 289 Å². The number of nitrogens with zero attached hydrogens (tertiary/aromatic N) is 2. The quantitative estimate of drug-likeness (QED) is 0.157. The van der Waals surface area contributed by atoms with Crippen LogP contribution in [-0.4, -0.2) is 50.4 Å². The minimum atomic E-state index is -4.26. The van der Waals surface area contributed by atoms with E-state index in [9.17, 15) is 18.0 Å².